The molecular formula is C9H7N. The summed E-state index contributed by atoms with van der Waals surface area (Å²) in [6.45, 7) is 3.81. The van der Waals surface area contributed by atoms with Gasteiger partial charge in [0.25, 0.3) is 0 Å². The highest BCUT2D eigenvalue weighted by atomic mass is 14.7. The van der Waals surface area contributed by atoms with Crippen molar-refractivity contribution in [3.8, 4) is 0 Å². The maximum Gasteiger partial charge on any atom is 0.0708 e. The van der Waals surface area contributed by atoms with Crippen molar-refractivity contribution >= 4 is 24.6 Å². The summed E-state index contributed by atoms with van der Waals surface area (Å²) in [5.74, 6) is 0. The van der Waals surface area contributed by atoms with Gasteiger partial charge in [0, 0.05) is 11.4 Å². The molecule has 0 unspecified atom stereocenters. The van der Waals surface area contributed by atoms with Crippen LogP contribution in [0.4, 0.5) is 5.69 Å². The van der Waals surface area contributed by atoms with E-state index in [1.54, 1.807) is 0 Å². The minimum absolute atomic E-state index is 1.02. The molecule has 1 heteroatoms. The molecule has 10 heavy (non-hydrogen) atoms. The van der Waals surface area contributed by atoms with Gasteiger partial charge in [-0.15, -0.1) is 0 Å². The Morgan fingerprint density at radius 1 is 1.30 bits per heavy atom. The fourth-order valence-electron chi connectivity index (χ4n) is 1.04. The molecule has 0 spiro atoms. The molecule has 0 N–H and O–H groups in total. The summed E-state index contributed by atoms with van der Waals surface area (Å²) in [6, 6.07) is 6.00. The number of benzene rings is 1. The van der Waals surface area contributed by atoms with Gasteiger partial charge in [-0.2, -0.15) is 0 Å². The summed E-state index contributed by atoms with van der Waals surface area (Å²) in [4.78, 5) is 4.14. The number of rotatable bonds is 0. The van der Waals surface area contributed by atoms with Crippen LogP contribution in [-0.4, -0.2) is 6.21 Å². The molecular weight excluding hydrogens is 122 g/mol. The summed E-state index contributed by atoms with van der Waals surface area (Å²) in [5, 5.41) is 2.21. The summed E-state index contributed by atoms with van der Waals surface area (Å²) >= 11 is 0. The van der Waals surface area contributed by atoms with Crippen LogP contribution in [0, 0.1) is 0 Å². The summed E-state index contributed by atoms with van der Waals surface area (Å²) < 4.78 is 0. The standard InChI is InChI=1S/C9H7N/c1-7-2-3-8-4-5-10-9(8)6-7/h2-6H,1H2. The second kappa shape index (κ2) is 1.81. The molecule has 1 aliphatic heterocycles. The molecule has 0 aromatic heterocycles. The van der Waals surface area contributed by atoms with Gasteiger partial charge in [0.2, 0.25) is 0 Å². The normalized spacial score (nSPS) is 12.8. The molecule has 1 aliphatic rings. The van der Waals surface area contributed by atoms with Crippen LogP contribution in [0.3, 0.4) is 0 Å². The summed E-state index contributed by atoms with van der Waals surface area (Å²) in [7, 11) is 0. The van der Waals surface area contributed by atoms with Gasteiger partial charge in [0.1, 0.15) is 0 Å². The van der Waals surface area contributed by atoms with Crippen molar-refractivity contribution in [1.82, 2.24) is 0 Å². The molecule has 1 aromatic carbocycles. The third-order valence-corrected chi connectivity index (χ3v) is 1.56. The van der Waals surface area contributed by atoms with Crippen molar-refractivity contribution < 1.29 is 0 Å². The zero-order valence-corrected chi connectivity index (χ0v) is 5.54. The Morgan fingerprint density at radius 3 is 3.10 bits per heavy atom. The Labute approximate surface area is 59.0 Å². The second-order valence-electron chi connectivity index (χ2n) is 2.34. The van der Waals surface area contributed by atoms with Crippen LogP contribution in [0.15, 0.2) is 23.2 Å². The topological polar surface area (TPSA) is 12.4 Å². The van der Waals surface area contributed by atoms with Crippen LogP contribution in [0.5, 0.6) is 0 Å². The van der Waals surface area contributed by atoms with Gasteiger partial charge in [-0.3, -0.25) is 4.99 Å². The third-order valence-electron chi connectivity index (χ3n) is 1.56. The first-order valence-electron chi connectivity index (χ1n) is 3.20. The Bertz CT molecular complexity index is 388. The van der Waals surface area contributed by atoms with E-state index in [1.807, 2.05) is 30.5 Å². The number of aliphatic imine (C=N–C) groups is 1. The maximum atomic E-state index is 4.14. The fraction of sp³-hybridized carbons (Fsp3) is 0. The van der Waals surface area contributed by atoms with Crippen molar-refractivity contribution in [2.24, 2.45) is 4.99 Å². The van der Waals surface area contributed by atoms with Crippen LogP contribution in [0.1, 0.15) is 0 Å². The third kappa shape index (κ3) is 0.676. The smallest absolute Gasteiger partial charge is 0.0708 e. The number of hydrogen-bond donors (Lipinski definition) is 0. The fourth-order valence-corrected chi connectivity index (χ4v) is 1.04. The van der Waals surface area contributed by atoms with Gasteiger partial charge in [0.05, 0.1) is 5.69 Å². The molecule has 0 bridgehead atoms. The number of hydrogen-bond acceptors (Lipinski definition) is 1. The zero-order chi connectivity index (χ0) is 6.97. The van der Waals surface area contributed by atoms with Crippen LogP contribution < -0.4 is 10.4 Å². The first kappa shape index (κ1) is 5.42. The Hall–Kier alpha value is -1.37. The highest BCUT2D eigenvalue weighted by Crippen LogP contribution is 2.02. The van der Waals surface area contributed by atoms with E-state index >= 15 is 0 Å². The predicted octanol–water partition coefficient (Wildman–Crippen LogP) is 0.593. The van der Waals surface area contributed by atoms with Gasteiger partial charge in [-0.05, 0) is 17.4 Å². The molecule has 0 aliphatic carbocycles. The predicted molar refractivity (Wildman–Crippen MR) is 43.8 cm³/mol. The first-order chi connectivity index (χ1) is 4.86. The van der Waals surface area contributed by atoms with E-state index in [2.05, 4.69) is 11.6 Å². The molecule has 2 rings (SSSR count). The van der Waals surface area contributed by atoms with E-state index in [0.29, 0.717) is 0 Å². The zero-order valence-electron chi connectivity index (χ0n) is 5.54. The summed E-state index contributed by atoms with van der Waals surface area (Å²) in [6.07, 6.45) is 3.80. The molecule has 0 amide bonds. The quantitative estimate of drug-likeness (QED) is 0.486. The van der Waals surface area contributed by atoms with E-state index in [-0.39, 0.29) is 0 Å². The number of nitrogens with zero attached hydrogens (tertiary/aromatic N) is 1. The van der Waals surface area contributed by atoms with Crippen molar-refractivity contribution in [3.05, 3.63) is 28.6 Å². The average molecular weight is 129 g/mol. The SMILES string of the molecule is C=c1ccc2c(c1)N=CC=2. The molecule has 0 radical (unpaired) electrons. The van der Waals surface area contributed by atoms with Gasteiger partial charge < -0.3 is 0 Å². The lowest BCUT2D eigenvalue weighted by molar-refractivity contribution is 1.49. The van der Waals surface area contributed by atoms with E-state index in [0.717, 1.165) is 10.9 Å². The average Bonchev–Trinajstić information content (AvgIpc) is 2.33. The minimum atomic E-state index is 1.02. The largest absolute Gasteiger partial charge is 0.256 e. The molecule has 1 aromatic rings. The van der Waals surface area contributed by atoms with Gasteiger partial charge in [-0.1, -0.05) is 18.7 Å². The van der Waals surface area contributed by atoms with Crippen LogP contribution in [0.2, 0.25) is 0 Å². The van der Waals surface area contributed by atoms with Gasteiger partial charge >= 0.3 is 0 Å². The maximum absolute atomic E-state index is 4.14. The van der Waals surface area contributed by atoms with Gasteiger partial charge in [-0.25, -0.2) is 0 Å². The van der Waals surface area contributed by atoms with Crippen molar-refractivity contribution in [1.29, 1.82) is 0 Å². The molecule has 1 nitrogen and oxygen atoms in total. The molecule has 48 valence electrons. The minimum Gasteiger partial charge on any atom is -0.256 e. The van der Waals surface area contributed by atoms with E-state index < -0.39 is 0 Å². The highest BCUT2D eigenvalue weighted by molar-refractivity contribution is 5.96. The Morgan fingerprint density at radius 2 is 2.20 bits per heavy atom. The summed E-state index contributed by atoms with van der Waals surface area (Å²) in [5.41, 5.74) is 1.03. The molecule has 0 atom stereocenters. The Kier molecular flexibility index (Phi) is 0.978. The Balaban J connectivity index is 2.89. The van der Waals surface area contributed by atoms with Gasteiger partial charge in [0.15, 0.2) is 0 Å². The lowest BCUT2D eigenvalue weighted by atomic mass is 10.2. The van der Waals surface area contributed by atoms with E-state index in [9.17, 15) is 0 Å². The lowest BCUT2D eigenvalue weighted by Crippen LogP contribution is -2.04. The first-order valence-corrected chi connectivity index (χ1v) is 3.20. The molecule has 0 fully saturated rings. The van der Waals surface area contributed by atoms with Crippen molar-refractivity contribution in [2.45, 2.75) is 0 Å². The number of fused-ring (bicyclic) bond motifs is 1. The second-order valence-corrected chi connectivity index (χ2v) is 2.34. The monoisotopic (exact) mass is 129 g/mol. The molecule has 0 saturated heterocycles. The van der Waals surface area contributed by atoms with E-state index in [4.69, 9.17) is 0 Å². The van der Waals surface area contributed by atoms with Crippen molar-refractivity contribution in [3.63, 3.8) is 0 Å². The van der Waals surface area contributed by atoms with Crippen molar-refractivity contribution in [2.75, 3.05) is 0 Å². The van der Waals surface area contributed by atoms with E-state index in [1.165, 1.54) is 5.22 Å². The molecule has 1 heterocycles. The highest BCUT2D eigenvalue weighted by Gasteiger charge is 1.93. The van der Waals surface area contributed by atoms with Crippen LogP contribution in [0.25, 0.3) is 12.7 Å². The van der Waals surface area contributed by atoms with Crippen LogP contribution >= 0.6 is 0 Å². The molecule has 0 saturated carbocycles. The van der Waals surface area contributed by atoms with Crippen LogP contribution in [-0.2, 0) is 0 Å². The lowest BCUT2D eigenvalue weighted by Gasteiger charge is -1.87.